The summed E-state index contributed by atoms with van der Waals surface area (Å²) >= 11 is 0. The topological polar surface area (TPSA) is 98.4 Å². The molecule has 0 spiro atoms. The zero-order valence-electron chi connectivity index (χ0n) is 15.8. The highest BCUT2D eigenvalue weighted by Gasteiger charge is 2.31. The Labute approximate surface area is 162 Å². The fourth-order valence-corrected chi connectivity index (χ4v) is 3.05. The summed E-state index contributed by atoms with van der Waals surface area (Å²) < 4.78 is 22.0. The Morgan fingerprint density at radius 3 is 2.71 bits per heavy atom. The van der Waals surface area contributed by atoms with E-state index in [4.69, 9.17) is 23.7 Å². The summed E-state index contributed by atoms with van der Waals surface area (Å²) in [6.07, 6.45) is 0. The predicted octanol–water partition coefficient (Wildman–Crippen LogP) is 2.66. The van der Waals surface area contributed by atoms with Gasteiger partial charge in [-0.2, -0.15) is 0 Å². The number of hydrogen-bond donors (Lipinski definition) is 1. The number of amides is 1. The van der Waals surface area contributed by atoms with Crippen LogP contribution in [0.15, 0.2) is 34.7 Å². The lowest BCUT2D eigenvalue weighted by molar-refractivity contribution is -0.139. The maximum absolute atomic E-state index is 13.2. The number of morpholine rings is 1. The lowest BCUT2D eigenvalue weighted by Gasteiger charge is -2.34. The molecule has 8 heteroatoms. The van der Waals surface area contributed by atoms with Crippen molar-refractivity contribution in [1.29, 1.82) is 0 Å². The molecule has 1 atom stereocenters. The van der Waals surface area contributed by atoms with Crippen molar-refractivity contribution in [3.63, 3.8) is 0 Å². The average molecular weight is 389 g/mol. The van der Waals surface area contributed by atoms with Gasteiger partial charge in [0.25, 0.3) is 5.91 Å². The first-order chi connectivity index (χ1) is 13.5. The summed E-state index contributed by atoms with van der Waals surface area (Å²) in [6.45, 7) is 4.75. The van der Waals surface area contributed by atoms with Gasteiger partial charge in [0, 0.05) is 12.1 Å². The molecule has 1 amide bonds. The molecule has 0 aliphatic carbocycles. The number of benzene rings is 1. The van der Waals surface area contributed by atoms with Crippen molar-refractivity contribution in [3.8, 4) is 11.5 Å². The van der Waals surface area contributed by atoms with Crippen LogP contribution in [0.1, 0.15) is 34.8 Å². The molecule has 1 unspecified atom stereocenters. The second-order valence-electron chi connectivity index (χ2n) is 6.31. The van der Waals surface area contributed by atoms with Gasteiger partial charge < -0.3 is 28.6 Å². The Kier molecular flexibility index (Phi) is 6.20. The van der Waals surface area contributed by atoms with Crippen molar-refractivity contribution < 1.29 is 33.3 Å². The molecule has 1 fully saturated rings. The molecule has 1 saturated heterocycles. The Bertz CT molecular complexity index is 845. The normalized spacial score (nSPS) is 16.6. The van der Waals surface area contributed by atoms with Crippen molar-refractivity contribution in [2.75, 3.05) is 33.0 Å². The minimum absolute atomic E-state index is 0.187. The predicted molar refractivity (Wildman–Crippen MR) is 98.8 cm³/mol. The van der Waals surface area contributed by atoms with Crippen LogP contribution >= 0.6 is 0 Å². The molecule has 8 nitrogen and oxygen atoms in total. The van der Waals surface area contributed by atoms with Gasteiger partial charge >= 0.3 is 5.97 Å². The van der Waals surface area contributed by atoms with Gasteiger partial charge in [-0.15, -0.1) is 0 Å². The Hall–Kier alpha value is -3.00. The van der Waals surface area contributed by atoms with Crippen LogP contribution in [0.4, 0.5) is 0 Å². The number of carboxylic acid groups (broad SMARTS) is 1. The first-order valence-electron chi connectivity index (χ1n) is 9.06. The lowest BCUT2D eigenvalue weighted by Crippen LogP contribution is -2.43. The monoisotopic (exact) mass is 389 g/mol. The highest BCUT2D eigenvalue weighted by atomic mass is 16.5. The number of aryl methyl sites for hydroxylation is 1. The smallest absolute Gasteiger partial charge is 0.341 e. The minimum atomic E-state index is -1.09. The van der Waals surface area contributed by atoms with Gasteiger partial charge in [0.05, 0.1) is 19.8 Å². The largest absolute Gasteiger partial charge is 0.490 e. The zero-order chi connectivity index (χ0) is 20.1. The number of carboxylic acids is 1. The SMILES string of the molecule is CCOc1cc(C(=O)N2CCOCC2c2ccc(C)o2)ccc1OCC(=O)O. The van der Waals surface area contributed by atoms with Crippen LogP contribution < -0.4 is 9.47 Å². The maximum atomic E-state index is 13.2. The summed E-state index contributed by atoms with van der Waals surface area (Å²) in [5.74, 6) is 0.776. The van der Waals surface area contributed by atoms with Gasteiger partial charge in [-0.25, -0.2) is 4.79 Å². The molecular formula is C20H23NO7. The molecular weight excluding hydrogens is 366 g/mol. The summed E-state index contributed by atoms with van der Waals surface area (Å²) in [4.78, 5) is 25.6. The van der Waals surface area contributed by atoms with Crippen molar-refractivity contribution in [1.82, 2.24) is 4.90 Å². The van der Waals surface area contributed by atoms with Crippen LogP contribution in [0, 0.1) is 6.92 Å². The fourth-order valence-electron chi connectivity index (χ4n) is 3.05. The summed E-state index contributed by atoms with van der Waals surface area (Å²) in [5.41, 5.74) is 0.418. The van der Waals surface area contributed by atoms with Crippen LogP contribution in [0.3, 0.4) is 0 Å². The number of nitrogens with zero attached hydrogens (tertiary/aromatic N) is 1. The summed E-state index contributed by atoms with van der Waals surface area (Å²) in [6, 6.07) is 8.12. The van der Waals surface area contributed by atoms with E-state index >= 15 is 0 Å². The molecule has 3 rings (SSSR count). The maximum Gasteiger partial charge on any atom is 0.341 e. The third kappa shape index (κ3) is 4.45. The molecule has 1 aromatic carbocycles. The molecule has 1 aromatic heterocycles. The van der Waals surface area contributed by atoms with Crippen molar-refractivity contribution in [2.45, 2.75) is 19.9 Å². The lowest BCUT2D eigenvalue weighted by atomic mass is 10.1. The van der Waals surface area contributed by atoms with Crippen LogP contribution in [-0.4, -0.2) is 54.9 Å². The van der Waals surface area contributed by atoms with E-state index in [0.717, 1.165) is 5.76 Å². The van der Waals surface area contributed by atoms with Gasteiger partial charge in [0.15, 0.2) is 18.1 Å². The molecule has 2 aromatic rings. The molecule has 28 heavy (non-hydrogen) atoms. The second-order valence-corrected chi connectivity index (χ2v) is 6.31. The van der Waals surface area contributed by atoms with Gasteiger partial charge in [-0.1, -0.05) is 0 Å². The zero-order valence-corrected chi connectivity index (χ0v) is 15.8. The Morgan fingerprint density at radius 2 is 2.04 bits per heavy atom. The van der Waals surface area contributed by atoms with Crippen molar-refractivity contribution in [2.24, 2.45) is 0 Å². The Morgan fingerprint density at radius 1 is 1.21 bits per heavy atom. The quantitative estimate of drug-likeness (QED) is 0.777. The van der Waals surface area contributed by atoms with E-state index < -0.39 is 12.6 Å². The van der Waals surface area contributed by atoms with Crippen LogP contribution in [0.5, 0.6) is 11.5 Å². The van der Waals surface area contributed by atoms with E-state index in [0.29, 0.717) is 43.4 Å². The number of ether oxygens (including phenoxy) is 3. The fraction of sp³-hybridized carbons (Fsp3) is 0.400. The Balaban J connectivity index is 1.85. The standard InChI is InChI=1S/C20H23NO7/c1-3-26-18-10-14(5-7-17(18)27-12-19(22)23)20(24)21-8-9-25-11-15(21)16-6-4-13(2)28-16/h4-7,10,15H,3,8-9,11-12H2,1-2H3,(H,22,23). The molecule has 1 aliphatic rings. The van der Waals surface area contributed by atoms with Crippen LogP contribution in [0.25, 0.3) is 0 Å². The summed E-state index contributed by atoms with van der Waals surface area (Å²) in [5, 5.41) is 8.80. The minimum Gasteiger partial charge on any atom is -0.490 e. The number of aliphatic carboxylic acids is 1. The number of carbonyl (C=O) groups is 2. The van der Waals surface area contributed by atoms with Gasteiger partial charge in [0.1, 0.15) is 17.6 Å². The van der Waals surface area contributed by atoms with Gasteiger partial charge in [-0.3, -0.25) is 4.79 Å². The van der Waals surface area contributed by atoms with E-state index in [1.807, 2.05) is 19.1 Å². The number of hydrogen-bond acceptors (Lipinski definition) is 6. The molecule has 0 radical (unpaired) electrons. The highest BCUT2D eigenvalue weighted by molar-refractivity contribution is 5.95. The number of carbonyl (C=O) groups excluding carboxylic acids is 1. The number of rotatable bonds is 7. The van der Waals surface area contributed by atoms with Gasteiger partial charge in [0.2, 0.25) is 0 Å². The van der Waals surface area contributed by atoms with Crippen molar-refractivity contribution in [3.05, 3.63) is 47.4 Å². The second kappa shape index (κ2) is 8.79. The van der Waals surface area contributed by atoms with Gasteiger partial charge in [-0.05, 0) is 44.2 Å². The third-order valence-corrected chi connectivity index (χ3v) is 4.32. The average Bonchev–Trinajstić information content (AvgIpc) is 3.12. The molecule has 0 saturated carbocycles. The first-order valence-corrected chi connectivity index (χ1v) is 9.06. The van der Waals surface area contributed by atoms with Crippen LogP contribution in [0.2, 0.25) is 0 Å². The molecule has 1 aliphatic heterocycles. The number of furan rings is 1. The molecule has 0 bridgehead atoms. The first kappa shape index (κ1) is 19.8. The summed E-state index contributed by atoms with van der Waals surface area (Å²) in [7, 11) is 0. The third-order valence-electron chi connectivity index (χ3n) is 4.32. The van der Waals surface area contributed by atoms with E-state index in [2.05, 4.69) is 0 Å². The molecule has 1 N–H and O–H groups in total. The molecule has 150 valence electrons. The van der Waals surface area contributed by atoms with E-state index in [-0.39, 0.29) is 17.7 Å². The van der Waals surface area contributed by atoms with Crippen molar-refractivity contribution >= 4 is 11.9 Å². The molecule has 2 heterocycles. The van der Waals surface area contributed by atoms with E-state index in [9.17, 15) is 9.59 Å². The van der Waals surface area contributed by atoms with E-state index in [1.54, 1.807) is 30.0 Å². The van der Waals surface area contributed by atoms with Crippen LogP contribution in [-0.2, 0) is 9.53 Å². The van der Waals surface area contributed by atoms with E-state index in [1.165, 1.54) is 0 Å². The highest BCUT2D eigenvalue weighted by Crippen LogP contribution is 2.32.